The number of nitrogens with zero attached hydrogens (tertiary/aromatic N) is 4. The van der Waals surface area contributed by atoms with Crippen LogP contribution in [0.1, 0.15) is 11.1 Å². The second-order valence-corrected chi connectivity index (χ2v) is 8.01. The van der Waals surface area contributed by atoms with Crippen LogP contribution in [0, 0.1) is 11.3 Å². The minimum Gasteiger partial charge on any atom is -0.353 e. The molecule has 0 radical (unpaired) electrons. The van der Waals surface area contributed by atoms with Gasteiger partial charge in [-0.2, -0.15) is 9.57 Å². The summed E-state index contributed by atoms with van der Waals surface area (Å²) in [5.41, 5.74) is 1.54. The highest BCUT2D eigenvalue weighted by atomic mass is 32.2. The van der Waals surface area contributed by atoms with Crippen molar-refractivity contribution in [2.75, 3.05) is 36.8 Å². The number of nitriles is 1. The molecular weight excluding hydrogens is 336 g/mol. The molecule has 1 aliphatic heterocycles. The molecular formula is C18H20N4O2S. The molecule has 3 rings (SSSR count). The SMILES string of the molecule is N#Cc1cccnc1N1CCN(S(=O)(=O)CCc2ccccc2)CC1. The minimum atomic E-state index is -3.28. The van der Waals surface area contributed by atoms with Crippen molar-refractivity contribution in [2.24, 2.45) is 0 Å². The predicted octanol–water partition coefficient (Wildman–Crippen LogP) is 1.65. The Bertz CT molecular complexity index is 854. The fraction of sp³-hybridized carbons (Fsp3) is 0.333. The fourth-order valence-electron chi connectivity index (χ4n) is 2.93. The third-order valence-electron chi connectivity index (χ3n) is 4.33. The lowest BCUT2D eigenvalue weighted by molar-refractivity contribution is 0.383. The average Bonchev–Trinajstić information content (AvgIpc) is 2.67. The van der Waals surface area contributed by atoms with Crippen LogP contribution in [-0.4, -0.2) is 49.6 Å². The second kappa shape index (κ2) is 7.64. The molecule has 1 saturated heterocycles. The summed E-state index contributed by atoms with van der Waals surface area (Å²) in [6.07, 6.45) is 2.17. The number of piperazine rings is 1. The Morgan fingerprint density at radius 3 is 2.44 bits per heavy atom. The summed E-state index contributed by atoms with van der Waals surface area (Å²) in [7, 11) is -3.28. The van der Waals surface area contributed by atoms with Crippen molar-refractivity contribution in [3.05, 3.63) is 59.8 Å². The number of aryl methyl sites for hydroxylation is 1. The number of anilines is 1. The molecule has 25 heavy (non-hydrogen) atoms. The molecule has 0 unspecified atom stereocenters. The Morgan fingerprint density at radius 1 is 1.04 bits per heavy atom. The first kappa shape index (κ1) is 17.4. The highest BCUT2D eigenvalue weighted by molar-refractivity contribution is 7.89. The first-order valence-corrected chi connectivity index (χ1v) is 9.83. The van der Waals surface area contributed by atoms with Crippen LogP contribution in [0.3, 0.4) is 0 Å². The lowest BCUT2D eigenvalue weighted by atomic mass is 10.2. The monoisotopic (exact) mass is 356 g/mol. The largest absolute Gasteiger partial charge is 0.353 e. The van der Waals surface area contributed by atoms with Gasteiger partial charge < -0.3 is 4.90 Å². The first-order chi connectivity index (χ1) is 12.1. The summed E-state index contributed by atoms with van der Waals surface area (Å²) in [5.74, 6) is 0.746. The predicted molar refractivity (Wildman–Crippen MR) is 96.7 cm³/mol. The summed E-state index contributed by atoms with van der Waals surface area (Å²) in [4.78, 5) is 6.25. The van der Waals surface area contributed by atoms with E-state index in [0.717, 1.165) is 5.56 Å². The molecule has 1 aromatic carbocycles. The third-order valence-corrected chi connectivity index (χ3v) is 6.20. The van der Waals surface area contributed by atoms with Gasteiger partial charge in [0.05, 0.1) is 11.3 Å². The first-order valence-electron chi connectivity index (χ1n) is 8.22. The van der Waals surface area contributed by atoms with Crippen LogP contribution >= 0.6 is 0 Å². The van der Waals surface area contributed by atoms with E-state index < -0.39 is 10.0 Å². The molecule has 0 spiro atoms. The second-order valence-electron chi connectivity index (χ2n) is 5.92. The van der Waals surface area contributed by atoms with Gasteiger partial charge >= 0.3 is 0 Å². The Balaban J connectivity index is 1.60. The quantitative estimate of drug-likeness (QED) is 0.814. The highest BCUT2D eigenvalue weighted by Crippen LogP contribution is 2.19. The van der Waals surface area contributed by atoms with E-state index in [4.69, 9.17) is 0 Å². The van der Waals surface area contributed by atoms with Gasteiger partial charge in [0.2, 0.25) is 10.0 Å². The van der Waals surface area contributed by atoms with Gasteiger partial charge in [0.25, 0.3) is 0 Å². The Labute approximate surface area is 148 Å². The molecule has 7 heteroatoms. The molecule has 1 aromatic heterocycles. The number of hydrogen-bond donors (Lipinski definition) is 0. The van der Waals surface area contributed by atoms with E-state index in [-0.39, 0.29) is 5.75 Å². The number of benzene rings is 1. The molecule has 0 atom stereocenters. The standard InChI is InChI=1S/C18H20N4O2S/c19-15-17-7-4-9-20-18(17)21-10-12-22(13-11-21)25(23,24)14-8-16-5-2-1-3-6-16/h1-7,9H,8,10-14H2. The van der Waals surface area contributed by atoms with Crippen LogP contribution in [0.15, 0.2) is 48.7 Å². The zero-order valence-electron chi connectivity index (χ0n) is 13.9. The van der Waals surface area contributed by atoms with Gasteiger partial charge in [-0.25, -0.2) is 13.4 Å². The number of hydrogen-bond acceptors (Lipinski definition) is 5. The van der Waals surface area contributed by atoms with Gasteiger partial charge in [-0.3, -0.25) is 0 Å². The normalized spacial score (nSPS) is 15.7. The lowest BCUT2D eigenvalue weighted by Gasteiger charge is -2.35. The van der Waals surface area contributed by atoms with Crippen LogP contribution in [0.4, 0.5) is 5.82 Å². The topological polar surface area (TPSA) is 77.3 Å². The van der Waals surface area contributed by atoms with Crippen molar-refractivity contribution < 1.29 is 8.42 Å². The van der Waals surface area contributed by atoms with Crippen molar-refractivity contribution >= 4 is 15.8 Å². The molecule has 0 saturated carbocycles. The minimum absolute atomic E-state index is 0.115. The van der Waals surface area contributed by atoms with Crippen LogP contribution in [0.2, 0.25) is 0 Å². The molecule has 1 aliphatic rings. The van der Waals surface area contributed by atoms with Gasteiger partial charge in [-0.05, 0) is 24.1 Å². The van der Waals surface area contributed by atoms with Crippen LogP contribution in [0.25, 0.3) is 0 Å². The van der Waals surface area contributed by atoms with Gasteiger partial charge in [0.15, 0.2) is 0 Å². The summed E-state index contributed by atoms with van der Waals surface area (Å²) < 4.78 is 26.7. The van der Waals surface area contributed by atoms with Gasteiger partial charge in [0, 0.05) is 32.4 Å². The van der Waals surface area contributed by atoms with E-state index in [2.05, 4.69) is 11.1 Å². The Hall–Kier alpha value is -2.43. The van der Waals surface area contributed by atoms with E-state index in [1.165, 1.54) is 0 Å². The average molecular weight is 356 g/mol. The third kappa shape index (κ3) is 4.16. The number of rotatable bonds is 5. The van der Waals surface area contributed by atoms with E-state index >= 15 is 0 Å². The van der Waals surface area contributed by atoms with E-state index in [9.17, 15) is 13.7 Å². The number of pyridine rings is 1. The summed E-state index contributed by atoms with van der Waals surface area (Å²) in [6, 6.07) is 15.2. The summed E-state index contributed by atoms with van der Waals surface area (Å²) >= 11 is 0. The van der Waals surface area contributed by atoms with E-state index in [1.54, 1.807) is 22.6 Å². The molecule has 0 bridgehead atoms. The van der Waals surface area contributed by atoms with Crippen LogP contribution in [0.5, 0.6) is 0 Å². The molecule has 6 nitrogen and oxygen atoms in total. The highest BCUT2D eigenvalue weighted by Gasteiger charge is 2.27. The van der Waals surface area contributed by atoms with Crippen molar-refractivity contribution in [3.8, 4) is 6.07 Å². The zero-order valence-corrected chi connectivity index (χ0v) is 14.7. The van der Waals surface area contributed by atoms with Crippen LogP contribution < -0.4 is 4.90 Å². The molecule has 0 N–H and O–H groups in total. The number of aromatic nitrogens is 1. The fourth-order valence-corrected chi connectivity index (χ4v) is 4.41. The Kier molecular flexibility index (Phi) is 5.31. The summed E-state index contributed by atoms with van der Waals surface area (Å²) in [6.45, 7) is 1.91. The van der Waals surface area contributed by atoms with E-state index in [0.29, 0.717) is 44.0 Å². The van der Waals surface area contributed by atoms with Crippen molar-refractivity contribution in [1.82, 2.24) is 9.29 Å². The Morgan fingerprint density at radius 2 is 1.76 bits per heavy atom. The van der Waals surface area contributed by atoms with Gasteiger partial charge in [0.1, 0.15) is 11.9 Å². The molecule has 1 fully saturated rings. The van der Waals surface area contributed by atoms with Crippen molar-refractivity contribution in [1.29, 1.82) is 5.26 Å². The van der Waals surface area contributed by atoms with E-state index in [1.807, 2.05) is 35.2 Å². The molecule has 0 amide bonds. The lowest BCUT2D eigenvalue weighted by Crippen LogP contribution is -2.49. The summed E-state index contributed by atoms with van der Waals surface area (Å²) in [5, 5.41) is 9.19. The van der Waals surface area contributed by atoms with Crippen LogP contribution in [-0.2, 0) is 16.4 Å². The molecule has 2 heterocycles. The van der Waals surface area contributed by atoms with Crippen molar-refractivity contribution in [2.45, 2.75) is 6.42 Å². The zero-order chi connectivity index (χ0) is 17.7. The molecule has 130 valence electrons. The number of sulfonamides is 1. The smallest absolute Gasteiger partial charge is 0.214 e. The molecule has 2 aromatic rings. The maximum absolute atomic E-state index is 12.6. The van der Waals surface area contributed by atoms with Gasteiger partial charge in [-0.1, -0.05) is 30.3 Å². The maximum Gasteiger partial charge on any atom is 0.214 e. The molecule has 0 aliphatic carbocycles. The van der Waals surface area contributed by atoms with Crippen molar-refractivity contribution in [3.63, 3.8) is 0 Å². The van der Waals surface area contributed by atoms with Gasteiger partial charge in [-0.15, -0.1) is 0 Å². The maximum atomic E-state index is 12.6.